The number of nitrogens with zero attached hydrogens (tertiary/aromatic N) is 2. The van der Waals surface area contributed by atoms with Gasteiger partial charge in [-0.05, 0) is 36.4 Å². The standard InChI is InChI=1S/C20H22N2OS/c23-20(21-11-5-1-2-6-12-21)15-22-17-9-4-3-8-16(17)14-18(22)19-10-7-13-24-19/h3-4,7-10,13-14H,1-2,5-6,11-12,15H2. The van der Waals surface area contributed by atoms with Gasteiger partial charge in [0.25, 0.3) is 0 Å². The summed E-state index contributed by atoms with van der Waals surface area (Å²) in [7, 11) is 0. The summed E-state index contributed by atoms with van der Waals surface area (Å²) >= 11 is 1.73. The van der Waals surface area contributed by atoms with Gasteiger partial charge in [0.15, 0.2) is 0 Å². The van der Waals surface area contributed by atoms with E-state index in [9.17, 15) is 4.79 Å². The number of thiophene rings is 1. The monoisotopic (exact) mass is 338 g/mol. The van der Waals surface area contributed by atoms with E-state index in [1.165, 1.54) is 23.1 Å². The van der Waals surface area contributed by atoms with Crippen molar-refractivity contribution >= 4 is 28.1 Å². The fourth-order valence-corrected chi connectivity index (χ4v) is 4.32. The summed E-state index contributed by atoms with van der Waals surface area (Å²) in [5.41, 5.74) is 2.29. The maximum absolute atomic E-state index is 12.9. The Labute approximate surface area is 146 Å². The van der Waals surface area contributed by atoms with Crippen molar-refractivity contribution < 1.29 is 4.79 Å². The van der Waals surface area contributed by atoms with Crippen molar-refractivity contribution in [2.75, 3.05) is 13.1 Å². The van der Waals surface area contributed by atoms with Crippen LogP contribution in [0.25, 0.3) is 21.5 Å². The molecule has 24 heavy (non-hydrogen) atoms. The molecule has 3 heterocycles. The van der Waals surface area contributed by atoms with Crippen LogP contribution < -0.4 is 0 Å². The van der Waals surface area contributed by atoms with Gasteiger partial charge in [0, 0.05) is 24.0 Å². The molecule has 1 aromatic carbocycles. The summed E-state index contributed by atoms with van der Waals surface area (Å²) in [4.78, 5) is 16.2. The molecule has 0 radical (unpaired) electrons. The number of aromatic nitrogens is 1. The van der Waals surface area contributed by atoms with E-state index in [1.807, 2.05) is 6.07 Å². The molecular formula is C20H22N2OS. The van der Waals surface area contributed by atoms with Crippen molar-refractivity contribution in [3.8, 4) is 10.6 Å². The molecule has 4 heteroatoms. The number of carbonyl (C=O) groups excluding carboxylic acids is 1. The first kappa shape index (κ1) is 15.5. The van der Waals surface area contributed by atoms with Gasteiger partial charge < -0.3 is 9.47 Å². The summed E-state index contributed by atoms with van der Waals surface area (Å²) in [6.07, 6.45) is 4.76. The van der Waals surface area contributed by atoms with Crippen LogP contribution in [0, 0.1) is 0 Å². The minimum atomic E-state index is 0.246. The van der Waals surface area contributed by atoms with Crippen molar-refractivity contribution in [3.05, 3.63) is 47.8 Å². The molecule has 1 fully saturated rings. The smallest absolute Gasteiger partial charge is 0.242 e. The van der Waals surface area contributed by atoms with Crippen LogP contribution in [0.4, 0.5) is 0 Å². The van der Waals surface area contributed by atoms with Crippen molar-refractivity contribution in [1.29, 1.82) is 0 Å². The molecule has 1 amide bonds. The molecule has 3 aromatic rings. The molecule has 1 aliphatic rings. The maximum atomic E-state index is 12.9. The van der Waals surface area contributed by atoms with Gasteiger partial charge in [0.2, 0.25) is 5.91 Å². The number of para-hydroxylation sites is 1. The van der Waals surface area contributed by atoms with Crippen LogP contribution in [0.15, 0.2) is 47.8 Å². The highest BCUT2D eigenvalue weighted by Gasteiger charge is 2.19. The predicted octanol–water partition coefficient (Wildman–Crippen LogP) is 4.77. The van der Waals surface area contributed by atoms with E-state index < -0.39 is 0 Å². The number of fused-ring (bicyclic) bond motifs is 1. The molecule has 0 bridgehead atoms. The van der Waals surface area contributed by atoms with E-state index >= 15 is 0 Å². The average molecular weight is 338 g/mol. The first-order valence-corrected chi connectivity index (χ1v) is 9.61. The van der Waals surface area contributed by atoms with Gasteiger partial charge in [-0.15, -0.1) is 11.3 Å². The van der Waals surface area contributed by atoms with Crippen molar-refractivity contribution in [1.82, 2.24) is 9.47 Å². The summed E-state index contributed by atoms with van der Waals surface area (Å²) in [6.45, 7) is 2.25. The molecule has 124 valence electrons. The first-order chi connectivity index (χ1) is 11.8. The SMILES string of the molecule is O=C(Cn1c(-c2cccs2)cc2ccccc21)N1CCCCCC1. The fraction of sp³-hybridized carbons (Fsp3) is 0.350. The van der Waals surface area contributed by atoms with E-state index in [0.717, 1.165) is 37.1 Å². The van der Waals surface area contributed by atoms with Crippen molar-refractivity contribution in [3.63, 3.8) is 0 Å². The van der Waals surface area contributed by atoms with E-state index in [1.54, 1.807) is 11.3 Å². The Kier molecular flexibility index (Phi) is 4.39. The molecule has 0 atom stereocenters. The third-order valence-electron chi connectivity index (χ3n) is 4.84. The van der Waals surface area contributed by atoms with Gasteiger partial charge in [-0.3, -0.25) is 4.79 Å². The average Bonchev–Trinajstić information content (AvgIpc) is 3.16. The van der Waals surface area contributed by atoms with Gasteiger partial charge in [-0.1, -0.05) is 37.1 Å². The highest BCUT2D eigenvalue weighted by molar-refractivity contribution is 7.13. The lowest BCUT2D eigenvalue weighted by Crippen LogP contribution is -2.34. The normalized spacial score (nSPS) is 15.6. The van der Waals surface area contributed by atoms with Crippen molar-refractivity contribution in [2.24, 2.45) is 0 Å². The molecular weight excluding hydrogens is 316 g/mol. The van der Waals surface area contributed by atoms with E-state index in [4.69, 9.17) is 0 Å². The van der Waals surface area contributed by atoms with E-state index in [-0.39, 0.29) is 5.91 Å². The van der Waals surface area contributed by atoms with Crippen LogP contribution >= 0.6 is 11.3 Å². The number of benzene rings is 1. The molecule has 1 saturated heterocycles. The minimum absolute atomic E-state index is 0.246. The lowest BCUT2D eigenvalue weighted by atomic mass is 10.2. The number of rotatable bonds is 3. The Bertz CT molecular complexity index is 827. The second kappa shape index (κ2) is 6.81. The Morgan fingerprint density at radius 1 is 1.00 bits per heavy atom. The Morgan fingerprint density at radius 3 is 2.54 bits per heavy atom. The zero-order chi connectivity index (χ0) is 16.4. The number of likely N-dealkylation sites (tertiary alicyclic amines) is 1. The highest BCUT2D eigenvalue weighted by Crippen LogP contribution is 2.31. The Morgan fingerprint density at radius 2 is 1.79 bits per heavy atom. The van der Waals surface area contributed by atoms with Gasteiger partial charge in [0.05, 0.1) is 10.6 Å². The highest BCUT2D eigenvalue weighted by atomic mass is 32.1. The molecule has 0 aliphatic carbocycles. The first-order valence-electron chi connectivity index (χ1n) is 8.73. The lowest BCUT2D eigenvalue weighted by Gasteiger charge is -2.21. The molecule has 0 unspecified atom stereocenters. The second-order valence-corrected chi connectivity index (χ2v) is 7.39. The minimum Gasteiger partial charge on any atom is -0.341 e. The molecule has 2 aromatic heterocycles. The quantitative estimate of drug-likeness (QED) is 0.675. The van der Waals surface area contributed by atoms with Crippen molar-refractivity contribution in [2.45, 2.75) is 32.2 Å². The van der Waals surface area contributed by atoms with E-state index in [0.29, 0.717) is 6.54 Å². The van der Waals surface area contributed by atoms with Gasteiger partial charge in [-0.25, -0.2) is 0 Å². The molecule has 0 saturated carbocycles. The summed E-state index contributed by atoms with van der Waals surface area (Å²) < 4.78 is 2.19. The number of hydrogen-bond acceptors (Lipinski definition) is 2. The molecule has 0 N–H and O–H groups in total. The van der Waals surface area contributed by atoms with Crippen LogP contribution in [0.2, 0.25) is 0 Å². The van der Waals surface area contributed by atoms with Crippen LogP contribution in [0.5, 0.6) is 0 Å². The maximum Gasteiger partial charge on any atom is 0.242 e. The largest absolute Gasteiger partial charge is 0.341 e. The Balaban J connectivity index is 1.69. The number of amides is 1. The molecule has 0 spiro atoms. The summed E-state index contributed by atoms with van der Waals surface area (Å²) in [6, 6.07) is 14.7. The van der Waals surface area contributed by atoms with Crippen LogP contribution in [0.3, 0.4) is 0 Å². The molecule has 3 nitrogen and oxygen atoms in total. The predicted molar refractivity (Wildman–Crippen MR) is 100 cm³/mol. The number of hydrogen-bond donors (Lipinski definition) is 0. The topological polar surface area (TPSA) is 25.2 Å². The van der Waals surface area contributed by atoms with Gasteiger partial charge in [0.1, 0.15) is 6.54 Å². The number of carbonyl (C=O) groups is 1. The zero-order valence-electron chi connectivity index (χ0n) is 13.8. The third kappa shape index (κ3) is 2.98. The summed E-state index contributed by atoms with van der Waals surface area (Å²) in [5, 5.41) is 3.29. The molecule has 4 rings (SSSR count). The van der Waals surface area contributed by atoms with Crippen LogP contribution in [0.1, 0.15) is 25.7 Å². The fourth-order valence-electron chi connectivity index (χ4n) is 3.56. The van der Waals surface area contributed by atoms with E-state index in [2.05, 4.69) is 51.2 Å². The van der Waals surface area contributed by atoms with Gasteiger partial charge in [-0.2, -0.15) is 0 Å². The molecule has 1 aliphatic heterocycles. The third-order valence-corrected chi connectivity index (χ3v) is 5.73. The van der Waals surface area contributed by atoms with Gasteiger partial charge >= 0.3 is 0 Å². The summed E-state index contributed by atoms with van der Waals surface area (Å²) in [5.74, 6) is 0.246. The second-order valence-electron chi connectivity index (χ2n) is 6.45. The van der Waals surface area contributed by atoms with Crippen LogP contribution in [-0.2, 0) is 11.3 Å². The lowest BCUT2D eigenvalue weighted by molar-refractivity contribution is -0.131. The Hall–Kier alpha value is -2.07. The van der Waals surface area contributed by atoms with Crippen LogP contribution in [-0.4, -0.2) is 28.5 Å². The zero-order valence-corrected chi connectivity index (χ0v) is 14.6.